The van der Waals surface area contributed by atoms with E-state index < -0.39 is 38.0 Å². The van der Waals surface area contributed by atoms with Crippen molar-refractivity contribution in [2.24, 2.45) is 0 Å². The molecule has 0 aliphatic carbocycles. The molecule has 0 atom stereocenters. The van der Waals surface area contributed by atoms with Crippen LogP contribution in [0.5, 0.6) is 0 Å². The van der Waals surface area contributed by atoms with Crippen molar-refractivity contribution in [2.75, 3.05) is 18.0 Å². The van der Waals surface area contributed by atoms with Crippen LogP contribution in [0, 0.1) is 0 Å². The van der Waals surface area contributed by atoms with Crippen molar-refractivity contribution in [3.8, 4) is 0 Å². The third kappa shape index (κ3) is 7.65. The lowest BCUT2D eigenvalue weighted by molar-refractivity contribution is -0.436. The minimum atomic E-state index is -4.49. The van der Waals surface area contributed by atoms with Gasteiger partial charge in [-0.25, -0.2) is 0 Å². The quantitative estimate of drug-likeness (QED) is 0.108. The van der Waals surface area contributed by atoms with Crippen molar-refractivity contribution in [2.45, 2.75) is 51.4 Å². The first-order valence-electron chi connectivity index (χ1n) is 14.8. The fraction of sp³-hybridized carbons (Fsp3) is 0.303. The molecule has 2 aliphatic heterocycles. The molecule has 4 rings (SSSR count). The van der Waals surface area contributed by atoms with Gasteiger partial charge in [0.2, 0.25) is 5.69 Å². The number of allylic oxidation sites excluding steroid dienone is 8. The molecule has 0 aromatic heterocycles. The van der Waals surface area contributed by atoms with E-state index in [0.29, 0.717) is 22.5 Å². The number of aliphatic carboxylic acids is 2. The molecule has 6 N–H and O–H groups in total. The minimum absolute atomic E-state index is 0.107. The van der Waals surface area contributed by atoms with Crippen LogP contribution in [0.25, 0.3) is 0 Å². The molecule has 250 valence electrons. The molecule has 0 amide bonds. The molecule has 12 nitrogen and oxygen atoms in total. The molecule has 2 aromatic rings. The lowest BCUT2D eigenvalue weighted by Crippen LogP contribution is -2.28. The SMILES string of the molecule is CC1(C)C(/C=C/C=C/C=C/C=C2/N(CCC(=O)O)c3ccc(P(=O)(O)O)cc3C2(C)C)=[N+](CCC(=O)O)c2ccc(P(=O)(O)O)cc21. The predicted octanol–water partition coefficient (Wildman–Crippen LogP) is 3.97. The molecule has 0 radical (unpaired) electrons. The Kier molecular flexibility index (Phi) is 10.2. The summed E-state index contributed by atoms with van der Waals surface area (Å²) in [6.45, 7) is 7.98. The van der Waals surface area contributed by atoms with E-state index in [4.69, 9.17) is 0 Å². The van der Waals surface area contributed by atoms with Crippen molar-refractivity contribution in [1.82, 2.24) is 0 Å². The Labute approximate surface area is 272 Å². The smallest absolute Gasteiger partial charge is 0.356 e. The monoisotopic (exact) mass is 685 g/mol. The van der Waals surface area contributed by atoms with E-state index in [2.05, 4.69) is 0 Å². The van der Waals surface area contributed by atoms with Crippen molar-refractivity contribution in [1.29, 1.82) is 0 Å². The van der Waals surface area contributed by atoms with Gasteiger partial charge in [-0.15, -0.1) is 0 Å². The van der Waals surface area contributed by atoms with Crippen LogP contribution in [0.2, 0.25) is 0 Å². The van der Waals surface area contributed by atoms with Crippen molar-refractivity contribution >= 4 is 54.8 Å². The minimum Gasteiger partial charge on any atom is -0.481 e. The normalized spacial score (nSPS) is 18.2. The number of rotatable bonds is 12. The second kappa shape index (κ2) is 13.3. The fourth-order valence-corrected chi connectivity index (χ4v) is 7.20. The number of fused-ring (bicyclic) bond motifs is 2. The van der Waals surface area contributed by atoms with Gasteiger partial charge in [-0.2, -0.15) is 4.58 Å². The van der Waals surface area contributed by atoms with Gasteiger partial charge in [0.05, 0.1) is 22.4 Å². The molecule has 2 aliphatic rings. The van der Waals surface area contributed by atoms with Crippen molar-refractivity contribution in [3.05, 3.63) is 95.8 Å². The molecule has 0 unspecified atom stereocenters. The fourth-order valence-electron chi connectivity index (χ4n) is 6.07. The predicted molar refractivity (Wildman–Crippen MR) is 179 cm³/mol. The van der Waals surface area contributed by atoms with Gasteiger partial charge in [0.1, 0.15) is 6.42 Å². The van der Waals surface area contributed by atoms with E-state index in [9.17, 15) is 48.5 Å². The molecule has 2 heterocycles. The maximum Gasteiger partial charge on any atom is 0.356 e. The van der Waals surface area contributed by atoms with Gasteiger partial charge in [-0.3, -0.25) is 18.7 Å². The number of hydrogen-bond acceptors (Lipinski definition) is 5. The summed E-state index contributed by atoms with van der Waals surface area (Å²) in [5.74, 6) is -1.94. The topological polar surface area (TPSA) is 196 Å². The highest BCUT2D eigenvalue weighted by molar-refractivity contribution is 7.60. The van der Waals surface area contributed by atoms with Gasteiger partial charge < -0.3 is 34.7 Å². The Morgan fingerprint density at radius 2 is 1.32 bits per heavy atom. The van der Waals surface area contributed by atoms with E-state index in [0.717, 1.165) is 11.4 Å². The second-order valence-corrected chi connectivity index (χ2v) is 15.6. The Morgan fingerprint density at radius 1 is 0.766 bits per heavy atom. The Bertz CT molecular complexity index is 1860. The third-order valence-corrected chi connectivity index (χ3v) is 10.4. The van der Waals surface area contributed by atoms with Crippen LogP contribution in [0.4, 0.5) is 11.4 Å². The maximum absolute atomic E-state index is 11.9. The van der Waals surface area contributed by atoms with Gasteiger partial charge in [0.25, 0.3) is 0 Å². The summed E-state index contributed by atoms with van der Waals surface area (Å²) in [6, 6.07) is 8.89. The largest absolute Gasteiger partial charge is 0.481 e. The van der Waals surface area contributed by atoms with E-state index in [-0.39, 0.29) is 36.5 Å². The Hall–Kier alpha value is -3.89. The number of benzene rings is 2. The van der Waals surface area contributed by atoms with Gasteiger partial charge in [-0.05, 0) is 55.8 Å². The zero-order valence-electron chi connectivity index (χ0n) is 26.4. The first-order valence-corrected chi connectivity index (χ1v) is 18.0. The van der Waals surface area contributed by atoms with Gasteiger partial charge in [0, 0.05) is 41.1 Å². The molecular formula is C33H39N2O10P2+. The molecule has 2 aromatic carbocycles. The standard InChI is InChI=1S/C33H38N2O10P2/c1-32(2)24-20-22(46(40,41)42)12-14-26(24)34(18-16-30(36)37)28(32)10-8-6-5-7-9-11-29-33(3,4)25-21-23(47(43,44)45)13-15-27(25)35(29)19-17-31(38)39/h5-15,20-21H,16-19H2,1-4H3,(H5-,36,37,38,39,40,41,42,43,44,45)/p+1. The molecular weight excluding hydrogens is 646 g/mol. The zero-order valence-corrected chi connectivity index (χ0v) is 28.2. The third-order valence-electron chi connectivity index (χ3n) is 8.47. The Balaban J connectivity index is 1.61. The van der Waals surface area contributed by atoms with E-state index in [1.807, 2.05) is 49.3 Å². The number of hydrogen-bond donors (Lipinski definition) is 6. The van der Waals surface area contributed by atoms with Crippen LogP contribution in [0.1, 0.15) is 51.7 Å². The van der Waals surface area contributed by atoms with Gasteiger partial charge >= 0.3 is 27.1 Å². The van der Waals surface area contributed by atoms with Crippen LogP contribution >= 0.6 is 15.2 Å². The van der Waals surface area contributed by atoms with Crippen LogP contribution in [-0.2, 0) is 29.5 Å². The summed E-state index contributed by atoms with van der Waals surface area (Å²) < 4.78 is 25.7. The lowest BCUT2D eigenvalue weighted by Gasteiger charge is -2.26. The Morgan fingerprint density at radius 3 is 1.91 bits per heavy atom. The molecule has 14 heteroatoms. The summed E-state index contributed by atoms with van der Waals surface area (Å²) in [6.07, 6.45) is 12.3. The lowest BCUT2D eigenvalue weighted by atomic mass is 9.81. The molecule has 0 spiro atoms. The van der Waals surface area contributed by atoms with Crippen molar-refractivity contribution < 1.29 is 53.1 Å². The second-order valence-electron chi connectivity index (χ2n) is 12.4. The maximum atomic E-state index is 11.9. The summed E-state index contributed by atoms with van der Waals surface area (Å²) in [4.78, 5) is 63.5. The summed E-state index contributed by atoms with van der Waals surface area (Å²) >= 11 is 0. The van der Waals surface area contributed by atoms with E-state index in [1.54, 1.807) is 42.5 Å². The van der Waals surface area contributed by atoms with Gasteiger partial charge in [0.15, 0.2) is 12.3 Å². The molecule has 0 saturated carbocycles. The van der Waals surface area contributed by atoms with Crippen LogP contribution in [0.3, 0.4) is 0 Å². The van der Waals surface area contributed by atoms with Crippen LogP contribution < -0.4 is 15.5 Å². The summed E-state index contributed by atoms with van der Waals surface area (Å²) in [5, 5.41) is 18.4. The average Bonchev–Trinajstić information content (AvgIpc) is 3.31. The number of carbonyl (C=O) groups is 2. The van der Waals surface area contributed by atoms with Crippen molar-refractivity contribution in [3.63, 3.8) is 0 Å². The molecule has 0 bridgehead atoms. The number of carboxylic acid groups (broad SMARTS) is 2. The summed E-state index contributed by atoms with van der Waals surface area (Å²) in [7, 11) is -8.99. The van der Waals surface area contributed by atoms with E-state index >= 15 is 0 Å². The molecule has 47 heavy (non-hydrogen) atoms. The van der Waals surface area contributed by atoms with Crippen LogP contribution in [-0.4, -0.2) is 65.1 Å². The molecule has 0 saturated heterocycles. The first-order chi connectivity index (χ1) is 21.8. The molecule has 0 fully saturated rings. The average molecular weight is 686 g/mol. The first kappa shape index (κ1) is 36.0. The number of nitrogens with zero attached hydrogens (tertiary/aromatic N) is 2. The summed E-state index contributed by atoms with van der Waals surface area (Å²) in [5.41, 5.74) is 2.91. The number of carboxylic acids is 2. The highest BCUT2D eigenvalue weighted by Gasteiger charge is 2.45. The van der Waals surface area contributed by atoms with E-state index in [1.165, 1.54) is 24.3 Å². The van der Waals surface area contributed by atoms with Gasteiger partial charge in [-0.1, -0.05) is 44.2 Å². The van der Waals surface area contributed by atoms with Crippen LogP contribution in [0.15, 0.2) is 84.6 Å². The zero-order chi connectivity index (χ0) is 34.9. The number of anilines is 1. The highest BCUT2D eigenvalue weighted by atomic mass is 31.2. The highest BCUT2D eigenvalue weighted by Crippen LogP contribution is 2.49.